The van der Waals surface area contributed by atoms with Crippen LogP contribution in [0.15, 0.2) is 24.3 Å². The van der Waals surface area contributed by atoms with Crippen LogP contribution in [-0.4, -0.2) is 9.78 Å². The number of nitrogens with zero attached hydrogens (tertiary/aromatic N) is 2. The molecule has 3 nitrogen and oxygen atoms in total. The highest BCUT2D eigenvalue weighted by atomic mass is 35.5. The summed E-state index contributed by atoms with van der Waals surface area (Å²) in [5, 5.41) is 5.69. The summed E-state index contributed by atoms with van der Waals surface area (Å²) in [5.74, 6) is 0.729. The number of anilines is 1. The summed E-state index contributed by atoms with van der Waals surface area (Å²) in [6.45, 7) is 4.60. The second-order valence-electron chi connectivity index (χ2n) is 4.49. The van der Waals surface area contributed by atoms with E-state index in [4.69, 9.17) is 28.9 Å². The molecule has 1 aromatic heterocycles. The summed E-state index contributed by atoms with van der Waals surface area (Å²) < 4.78 is 1.69. The van der Waals surface area contributed by atoms with Crippen molar-refractivity contribution in [2.75, 3.05) is 5.73 Å². The first-order chi connectivity index (χ1) is 8.50. The Labute approximate surface area is 117 Å². The fourth-order valence-corrected chi connectivity index (χ4v) is 2.30. The Morgan fingerprint density at radius 3 is 2.50 bits per heavy atom. The minimum Gasteiger partial charge on any atom is -0.383 e. The van der Waals surface area contributed by atoms with E-state index in [1.165, 1.54) is 0 Å². The van der Waals surface area contributed by atoms with Gasteiger partial charge in [0.15, 0.2) is 0 Å². The highest BCUT2D eigenvalue weighted by Crippen LogP contribution is 2.29. The van der Waals surface area contributed by atoms with Gasteiger partial charge in [0.2, 0.25) is 0 Å². The molecule has 0 amide bonds. The summed E-state index contributed by atoms with van der Waals surface area (Å²) >= 11 is 12.3. The van der Waals surface area contributed by atoms with Crippen LogP contribution in [0.1, 0.15) is 31.0 Å². The van der Waals surface area contributed by atoms with Crippen molar-refractivity contribution in [3.05, 3.63) is 45.6 Å². The molecule has 0 fully saturated rings. The van der Waals surface area contributed by atoms with Crippen LogP contribution in [0.2, 0.25) is 10.0 Å². The monoisotopic (exact) mass is 283 g/mol. The Balaban J connectivity index is 2.36. The van der Waals surface area contributed by atoms with Crippen molar-refractivity contribution in [1.82, 2.24) is 9.78 Å². The summed E-state index contributed by atoms with van der Waals surface area (Å²) in [6, 6.07) is 7.63. The molecule has 2 aromatic rings. The van der Waals surface area contributed by atoms with E-state index in [9.17, 15) is 0 Å². The minimum atomic E-state index is 0.243. The maximum Gasteiger partial charge on any atom is 0.141 e. The van der Waals surface area contributed by atoms with Crippen molar-refractivity contribution in [2.24, 2.45) is 0 Å². The first-order valence-electron chi connectivity index (χ1n) is 5.75. The molecule has 5 heteroatoms. The summed E-state index contributed by atoms with van der Waals surface area (Å²) in [4.78, 5) is 0. The molecule has 0 aliphatic heterocycles. The van der Waals surface area contributed by atoms with Crippen LogP contribution in [0.3, 0.4) is 0 Å². The SMILES string of the molecule is CC(C)c1nn(Cc2ccccc2Cl)c(N)c1Cl. The Hall–Kier alpha value is -1.19. The van der Waals surface area contributed by atoms with Gasteiger partial charge in [-0.3, -0.25) is 0 Å². The number of nitrogen functional groups attached to an aromatic ring is 1. The van der Waals surface area contributed by atoms with Gasteiger partial charge >= 0.3 is 0 Å². The van der Waals surface area contributed by atoms with Gasteiger partial charge in [0.05, 0.1) is 12.2 Å². The first-order valence-corrected chi connectivity index (χ1v) is 6.51. The molecule has 2 rings (SSSR count). The van der Waals surface area contributed by atoms with E-state index in [0.717, 1.165) is 11.3 Å². The standard InChI is InChI=1S/C13H15Cl2N3/c1-8(2)12-11(15)13(16)18(17-12)7-9-5-3-4-6-10(9)14/h3-6,8H,7,16H2,1-2H3. The lowest BCUT2D eigenvalue weighted by Gasteiger charge is -2.06. The van der Waals surface area contributed by atoms with Gasteiger partial charge in [-0.05, 0) is 17.5 Å². The fraction of sp³-hybridized carbons (Fsp3) is 0.308. The van der Waals surface area contributed by atoms with E-state index in [1.54, 1.807) is 4.68 Å². The predicted molar refractivity (Wildman–Crippen MR) is 76.3 cm³/mol. The van der Waals surface area contributed by atoms with Crippen molar-refractivity contribution in [2.45, 2.75) is 26.3 Å². The van der Waals surface area contributed by atoms with E-state index >= 15 is 0 Å². The van der Waals surface area contributed by atoms with Gasteiger partial charge in [0, 0.05) is 5.02 Å². The lowest BCUT2D eigenvalue weighted by molar-refractivity contribution is 0.665. The number of halogens is 2. The molecule has 0 radical (unpaired) electrons. The Bertz CT molecular complexity index is 561. The molecule has 0 atom stereocenters. The molecule has 0 saturated carbocycles. The Morgan fingerprint density at radius 1 is 1.28 bits per heavy atom. The molecule has 18 heavy (non-hydrogen) atoms. The number of aromatic nitrogens is 2. The highest BCUT2D eigenvalue weighted by Gasteiger charge is 2.16. The van der Waals surface area contributed by atoms with Crippen LogP contribution in [0.5, 0.6) is 0 Å². The lowest BCUT2D eigenvalue weighted by atomic mass is 10.1. The van der Waals surface area contributed by atoms with Crippen LogP contribution in [0, 0.1) is 0 Å². The maximum absolute atomic E-state index is 6.17. The van der Waals surface area contributed by atoms with Crippen molar-refractivity contribution >= 4 is 29.0 Å². The minimum absolute atomic E-state index is 0.243. The smallest absolute Gasteiger partial charge is 0.141 e. The van der Waals surface area contributed by atoms with Gasteiger partial charge in [-0.2, -0.15) is 5.10 Å². The van der Waals surface area contributed by atoms with Crippen molar-refractivity contribution in [3.8, 4) is 0 Å². The Morgan fingerprint density at radius 2 is 1.94 bits per heavy atom. The molecule has 0 unspecified atom stereocenters. The van der Waals surface area contributed by atoms with Crippen LogP contribution < -0.4 is 5.73 Å². The lowest BCUT2D eigenvalue weighted by Crippen LogP contribution is -2.06. The van der Waals surface area contributed by atoms with Crippen molar-refractivity contribution < 1.29 is 0 Å². The molecule has 0 aliphatic carbocycles. The molecular formula is C13H15Cl2N3. The van der Waals surface area contributed by atoms with Crippen LogP contribution in [0.4, 0.5) is 5.82 Å². The third-order valence-corrected chi connectivity index (χ3v) is 3.54. The molecule has 96 valence electrons. The third-order valence-electron chi connectivity index (χ3n) is 2.78. The molecular weight excluding hydrogens is 269 g/mol. The molecule has 0 aliphatic rings. The van der Waals surface area contributed by atoms with Gasteiger partial charge in [-0.25, -0.2) is 4.68 Å². The fourth-order valence-electron chi connectivity index (χ4n) is 1.75. The van der Waals surface area contributed by atoms with E-state index in [0.29, 0.717) is 22.4 Å². The van der Waals surface area contributed by atoms with Crippen molar-refractivity contribution in [3.63, 3.8) is 0 Å². The molecule has 2 N–H and O–H groups in total. The molecule has 1 aromatic carbocycles. The number of nitrogens with two attached hydrogens (primary N) is 1. The quantitative estimate of drug-likeness (QED) is 0.927. The summed E-state index contributed by atoms with van der Waals surface area (Å²) in [6.07, 6.45) is 0. The molecule has 1 heterocycles. The average Bonchev–Trinajstić information content (AvgIpc) is 2.60. The van der Waals surface area contributed by atoms with Crippen LogP contribution >= 0.6 is 23.2 Å². The van der Waals surface area contributed by atoms with Gasteiger partial charge in [0.1, 0.15) is 10.8 Å². The largest absolute Gasteiger partial charge is 0.383 e. The van der Waals surface area contributed by atoms with Crippen molar-refractivity contribution in [1.29, 1.82) is 0 Å². The second-order valence-corrected chi connectivity index (χ2v) is 5.27. The normalized spacial score (nSPS) is 11.2. The third kappa shape index (κ3) is 2.47. The maximum atomic E-state index is 6.17. The highest BCUT2D eigenvalue weighted by molar-refractivity contribution is 6.33. The number of hydrogen-bond acceptors (Lipinski definition) is 2. The second kappa shape index (κ2) is 5.21. The Kier molecular flexibility index (Phi) is 3.83. The van der Waals surface area contributed by atoms with Gasteiger partial charge < -0.3 is 5.73 Å². The van der Waals surface area contributed by atoms with E-state index in [1.807, 2.05) is 38.1 Å². The number of benzene rings is 1. The topological polar surface area (TPSA) is 43.8 Å². The zero-order valence-electron chi connectivity index (χ0n) is 10.3. The molecule has 0 bridgehead atoms. The predicted octanol–water partition coefficient (Wildman–Crippen LogP) is 3.94. The van der Waals surface area contributed by atoms with E-state index in [-0.39, 0.29) is 5.92 Å². The molecule has 0 spiro atoms. The molecule has 0 saturated heterocycles. The summed E-state index contributed by atoms with van der Waals surface area (Å²) in [7, 11) is 0. The van der Waals surface area contributed by atoms with Gasteiger partial charge in [0.25, 0.3) is 0 Å². The van der Waals surface area contributed by atoms with E-state index in [2.05, 4.69) is 5.10 Å². The first kappa shape index (κ1) is 13.2. The zero-order chi connectivity index (χ0) is 13.3. The van der Waals surface area contributed by atoms with Crippen LogP contribution in [-0.2, 0) is 6.54 Å². The zero-order valence-corrected chi connectivity index (χ0v) is 11.8. The number of hydrogen-bond donors (Lipinski definition) is 1. The average molecular weight is 284 g/mol. The summed E-state index contributed by atoms with van der Waals surface area (Å²) in [5.41, 5.74) is 7.76. The van der Waals surface area contributed by atoms with Gasteiger partial charge in [-0.15, -0.1) is 0 Å². The van der Waals surface area contributed by atoms with Crippen LogP contribution in [0.25, 0.3) is 0 Å². The number of rotatable bonds is 3. The van der Waals surface area contributed by atoms with E-state index < -0.39 is 0 Å². The van der Waals surface area contributed by atoms with Gasteiger partial charge in [-0.1, -0.05) is 55.2 Å².